The maximum absolute atomic E-state index is 5.37. The third kappa shape index (κ3) is 3.06. The van der Waals surface area contributed by atoms with Gasteiger partial charge in [-0.1, -0.05) is 24.4 Å². The number of hydrogen-bond acceptors (Lipinski definition) is 5. The average molecular weight is 267 g/mol. The van der Waals surface area contributed by atoms with E-state index in [1.807, 2.05) is 11.8 Å². The molecule has 0 spiro atoms. The fraction of sp³-hybridized carbons (Fsp3) is 0.846. The lowest BCUT2D eigenvalue weighted by Crippen LogP contribution is -2.09. The molecule has 1 aromatic heterocycles. The molecular weight excluding hydrogens is 246 g/mol. The normalized spacial score (nSPS) is 25.7. The summed E-state index contributed by atoms with van der Waals surface area (Å²) >= 11 is 2.01. The molecular formula is C13H21N3OS. The Labute approximate surface area is 112 Å². The Kier molecular flexibility index (Phi) is 4.20. The van der Waals surface area contributed by atoms with Crippen molar-refractivity contribution in [2.45, 2.75) is 55.4 Å². The summed E-state index contributed by atoms with van der Waals surface area (Å²) in [5.74, 6) is 3.06. The van der Waals surface area contributed by atoms with Gasteiger partial charge in [0.2, 0.25) is 5.89 Å². The Morgan fingerprint density at radius 1 is 1.22 bits per heavy atom. The molecule has 1 atom stereocenters. The number of thioether (sulfide) groups is 1. The minimum Gasteiger partial charge on any atom is -0.339 e. The Morgan fingerprint density at radius 3 is 2.89 bits per heavy atom. The van der Waals surface area contributed by atoms with Gasteiger partial charge in [-0.05, 0) is 25.8 Å². The molecule has 2 fully saturated rings. The van der Waals surface area contributed by atoms with Crippen LogP contribution in [0.1, 0.15) is 56.2 Å². The molecule has 4 nitrogen and oxygen atoms in total. The second-order valence-electron chi connectivity index (χ2n) is 5.31. The van der Waals surface area contributed by atoms with E-state index in [0.29, 0.717) is 5.92 Å². The summed E-state index contributed by atoms with van der Waals surface area (Å²) in [7, 11) is 0. The second-order valence-corrected chi connectivity index (χ2v) is 6.60. The lowest BCUT2D eigenvalue weighted by molar-refractivity contribution is 0.355. The van der Waals surface area contributed by atoms with Gasteiger partial charge in [0.1, 0.15) is 0 Å². The molecule has 3 rings (SSSR count). The molecule has 1 saturated carbocycles. The highest BCUT2D eigenvalue weighted by atomic mass is 32.2. The highest BCUT2D eigenvalue weighted by Crippen LogP contribution is 2.30. The minimum absolute atomic E-state index is 0.436. The maximum atomic E-state index is 5.37. The fourth-order valence-electron chi connectivity index (χ4n) is 2.78. The Bertz CT molecular complexity index is 370. The minimum atomic E-state index is 0.436. The first-order valence-electron chi connectivity index (χ1n) is 7.06. The van der Waals surface area contributed by atoms with E-state index in [0.717, 1.165) is 42.2 Å². The zero-order chi connectivity index (χ0) is 12.2. The van der Waals surface area contributed by atoms with Crippen LogP contribution in [0.4, 0.5) is 0 Å². The molecule has 0 amide bonds. The highest BCUT2D eigenvalue weighted by Gasteiger charge is 2.23. The predicted molar refractivity (Wildman–Crippen MR) is 72.7 cm³/mol. The van der Waals surface area contributed by atoms with Crippen molar-refractivity contribution in [2.75, 3.05) is 13.1 Å². The smallest absolute Gasteiger partial charge is 0.231 e. The Balaban J connectivity index is 1.50. The summed E-state index contributed by atoms with van der Waals surface area (Å²) in [5.41, 5.74) is 0. The van der Waals surface area contributed by atoms with Crippen LogP contribution >= 0.6 is 11.8 Å². The van der Waals surface area contributed by atoms with Crippen molar-refractivity contribution in [3.05, 3.63) is 11.7 Å². The molecule has 1 aliphatic heterocycles. The first-order chi connectivity index (χ1) is 8.92. The van der Waals surface area contributed by atoms with Gasteiger partial charge in [0, 0.05) is 11.8 Å². The van der Waals surface area contributed by atoms with Gasteiger partial charge in [-0.25, -0.2) is 0 Å². The lowest BCUT2D eigenvalue weighted by atomic mass is 10.0. The van der Waals surface area contributed by atoms with Crippen molar-refractivity contribution in [2.24, 2.45) is 0 Å². The number of rotatable bonds is 4. The van der Waals surface area contributed by atoms with Crippen molar-refractivity contribution in [1.82, 2.24) is 15.5 Å². The third-order valence-corrected chi connectivity index (χ3v) is 5.26. The number of hydrogen-bond donors (Lipinski definition) is 1. The fourth-order valence-corrected chi connectivity index (χ4v) is 3.95. The molecule has 100 valence electrons. The molecule has 2 aliphatic rings. The highest BCUT2D eigenvalue weighted by molar-refractivity contribution is 7.99. The van der Waals surface area contributed by atoms with Crippen molar-refractivity contribution in [1.29, 1.82) is 0 Å². The lowest BCUT2D eigenvalue weighted by Gasteiger charge is -2.19. The Morgan fingerprint density at radius 2 is 2.11 bits per heavy atom. The molecule has 0 aromatic carbocycles. The quantitative estimate of drug-likeness (QED) is 0.909. The van der Waals surface area contributed by atoms with Gasteiger partial charge in [0.05, 0.1) is 11.7 Å². The summed E-state index contributed by atoms with van der Waals surface area (Å²) in [6.07, 6.45) is 8.05. The van der Waals surface area contributed by atoms with Crippen LogP contribution < -0.4 is 5.32 Å². The molecule has 5 heteroatoms. The van der Waals surface area contributed by atoms with E-state index in [4.69, 9.17) is 4.52 Å². The van der Waals surface area contributed by atoms with Crippen LogP contribution in [0.3, 0.4) is 0 Å². The van der Waals surface area contributed by atoms with Crippen molar-refractivity contribution >= 4 is 11.8 Å². The summed E-state index contributed by atoms with van der Waals surface area (Å²) in [5, 5.41) is 8.25. The van der Waals surface area contributed by atoms with E-state index in [1.54, 1.807) is 0 Å². The van der Waals surface area contributed by atoms with Gasteiger partial charge >= 0.3 is 0 Å². The van der Waals surface area contributed by atoms with E-state index in [9.17, 15) is 0 Å². The first kappa shape index (κ1) is 12.5. The van der Waals surface area contributed by atoms with E-state index >= 15 is 0 Å². The van der Waals surface area contributed by atoms with Crippen LogP contribution in [0.15, 0.2) is 4.52 Å². The average Bonchev–Trinajstić information content (AvgIpc) is 3.08. The molecule has 1 aliphatic carbocycles. The number of aromatic nitrogens is 2. The van der Waals surface area contributed by atoms with Gasteiger partial charge in [-0.3, -0.25) is 0 Å². The summed E-state index contributed by atoms with van der Waals surface area (Å²) in [4.78, 5) is 4.54. The van der Waals surface area contributed by atoms with Crippen LogP contribution in [0, 0.1) is 0 Å². The van der Waals surface area contributed by atoms with Crippen molar-refractivity contribution in [3.63, 3.8) is 0 Å². The van der Waals surface area contributed by atoms with Crippen LogP contribution in [-0.4, -0.2) is 28.5 Å². The standard InChI is InChI=1S/C13H21N3OS/c1-2-4-11(5-3-1)18-9-12-15-13(17-16-12)10-6-7-14-8-10/h10-11,14H,1-9H2. The summed E-state index contributed by atoms with van der Waals surface area (Å²) in [6, 6.07) is 0. The molecule has 2 heterocycles. The molecule has 1 unspecified atom stereocenters. The van der Waals surface area contributed by atoms with Gasteiger partial charge in [-0.2, -0.15) is 16.7 Å². The summed E-state index contributed by atoms with van der Waals surface area (Å²) < 4.78 is 5.37. The Hall–Kier alpha value is -0.550. The van der Waals surface area contributed by atoms with E-state index in [1.165, 1.54) is 32.1 Å². The molecule has 1 N–H and O–H groups in total. The van der Waals surface area contributed by atoms with Crippen molar-refractivity contribution < 1.29 is 4.52 Å². The number of nitrogens with zero attached hydrogens (tertiary/aromatic N) is 2. The van der Waals surface area contributed by atoms with E-state index in [2.05, 4.69) is 15.5 Å². The van der Waals surface area contributed by atoms with Crippen LogP contribution in [0.5, 0.6) is 0 Å². The van der Waals surface area contributed by atoms with Gasteiger partial charge in [0.15, 0.2) is 5.82 Å². The zero-order valence-electron chi connectivity index (χ0n) is 10.7. The van der Waals surface area contributed by atoms with Crippen LogP contribution in [0.25, 0.3) is 0 Å². The van der Waals surface area contributed by atoms with Gasteiger partial charge in [0.25, 0.3) is 0 Å². The molecule has 1 aromatic rings. The van der Waals surface area contributed by atoms with E-state index < -0.39 is 0 Å². The first-order valence-corrected chi connectivity index (χ1v) is 8.11. The third-order valence-electron chi connectivity index (χ3n) is 3.89. The van der Waals surface area contributed by atoms with Crippen LogP contribution in [0.2, 0.25) is 0 Å². The molecule has 0 bridgehead atoms. The summed E-state index contributed by atoms with van der Waals surface area (Å²) in [6.45, 7) is 2.05. The monoisotopic (exact) mass is 267 g/mol. The second kappa shape index (κ2) is 6.06. The molecule has 1 saturated heterocycles. The topological polar surface area (TPSA) is 51.0 Å². The molecule has 0 radical (unpaired) electrons. The molecule has 18 heavy (non-hydrogen) atoms. The predicted octanol–water partition coefficient (Wildman–Crippen LogP) is 2.71. The van der Waals surface area contributed by atoms with E-state index in [-0.39, 0.29) is 0 Å². The number of nitrogens with one attached hydrogen (secondary N) is 1. The largest absolute Gasteiger partial charge is 0.339 e. The zero-order valence-corrected chi connectivity index (χ0v) is 11.5. The maximum Gasteiger partial charge on any atom is 0.231 e. The van der Waals surface area contributed by atoms with Gasteiger partial charge in [-0.15, -0.1) is 0 Å². The SMILES string of the molecule is C1CCC(SCc2noc(C3CCNC3)n2)CC1. The van der Waals surface area contributed by atoms with Crippen molar-refractivity contribution in [3.8, 4) is 0 Å². The van der Waals surface area contributed by atoms with Crippen LogP contribution in [-0.2, 0) is 5.75 Å². The van der Waals surface area contributed by atoms with Gasteiger partial charge < -0.3 is 9.84 Å².